The topological polar surface area (TPSA) is 71.2 Å². The van der Waals surface area contributed by atoms with Crippen molar-refractivity contribution < 1.29 is 4.79 Å². The van der Waals surface area contributed by atoms with Gasteiger partial charge in [-0.2, -0.15) is 0 Å². The van der Waals surface area contributed by atoms with Gasteiger partial charge >= 0.3 is 0 Å². The molecular formula is C14H21BrN4O. The third kappa shape index (κ3) is 4.26. The Balaban J connectivity index is 1.88. The number of rotatable bonds is 4. The molecule has 1 aliphatic rings. The molecule has 20 heavy (non-hydrogen) atoms. The number of nitrogens with zero attached hydrogens (tertiary/aromatic N) is 2. The van der Waals surface area contributed by atoms with Crippen LogP contribution in [0.3, 0.4) is 0 Å². The molecule has 2 atom stereocenters. The van der Waals surface area contributed by atoms with Gasteiger partial charge in [-0.15, -0.1) is 0 Å². The van der Waals surface area contributed by atoms with Crippen LogP contribution < -0.4 is 11.1 Å². The summed E-state index contributed by atoms with van der Waals surface area (Å²) < 4.78 is 0.894. The summed E-state index contributed by atoms with van der Waals surface area (Å²) in [6, 6.07) is 4.07. The molecule has 110 valence electrons. The molecule has 1 saturated heterocycles. The van der Waals surface area contributed by atoms with Crippen LogP contribution in [0.1, 0.15) is 19.8 Å². The van der Waals surface area contributed by atoms with Gasteiger partial charge in [0, 0.05) is 23.3 Å². The molecule has 0 radical (unpaired) electrons. The highest BCUT2D eigenvalue weighted by Gasteiger charge is 2.26. The van der Waals surface area contributed by atoms with E-state index in [2.05, 4.69) is 38.1 Å². The van der Waals surface area contributed by atoms with Gasteiger partial charge in [-0.1, -0.05) is 0 Å². The number of aromatic nitrogens is 1. The average molecular weight is 341 g/mol. The van der Waals surface area contributed by atoms with E-state index in [1.54, 1.807) is 12.3 Å². The standard InChI is InChI=1S/C14H21BrN4O/c1-10-2-3-11(6-16)8-19(10)9-14(20)18-13-5-4-12(15)7-17-13/h4-5,7,10-11H,2-3,6,8-9,16H2,1H3,(H,17,18,20). The number of piperidine rings is 1. The van der Waals surface area contributed by atoms with Crippen molar-refractivity contribution in [3.8, 4) is 0 Å². The third-order valence-corrected chi connectivity index (χ3v) is 4.25. The molecule has 0 aromatic carbocycles. The number of nitrogens with two attached hydrogens (primary N) is 1. The Bertz CT molecular complexity index is 451. The minimum atomic E-state index is -0.0238. The first-order chi connectivity index (χ1) is 9.58. The van der Waals surface area contributed by atoms with Gasteiger partial charge in [0.25, 0.3) is 0 Å². The van der Waals surface area contributed by atoms with Crippen molar-refractivity contribution in [3.63, 3.8) is 0 Å². The number of hydrogen-bond acceptors (Lipinski definition) is 4. The largest absolute Gasteiger partial charge is 0.330 e. The van der Waals surface area contributed by atoms with Gasteiger partial charge in [-0.25, -0.2) is 4.98 Å². The Morgan fingerprint density at radius 2 is 2.35 bits per heavy atom. The Morgan fingerprint density at radius 3 is 3.00 bits per heavy atom. The fraction of sp³-hybridized carbons (Fsp3) is 0.571. The fourth-order valence-corrected chi connectivity index (χ4v) is 2.73. The number of carbonyl (C=O) groups excluding carboxylic acids is 1. The Hall–Kier alpha value is -0.980. The molecule has 1 aliphatic heterocycles. The molecular weight excluding hydrogens is 320 g/mol. The minimum Gasteiger partial charge on any atom is -0.330 e. The second-order valence-corrected chi connectivity index (χ2v) is 6.28. The highest BCUT2D eigenvalue weighted by molar-refractivity contribution is 9.10. The van der Waals surface area contributed by atoms with Gasteiger partial charge in [0.05, 0.1) is 6.54 Å². The van der Waals surface area contributed by atoms with E-state index in [-0.39, 0.29) is 5.91 Å². The van der Waals surface area contributed by atoms with Crippen LogP contribution in [0.15, 0.2) is 22.8 Å². The quantitative estimate of drug-likeness (QED) is 0.877. The highest BCUT2D eigenvalue weighted by Crippen LogP contribution is 2.20. The van der Waals surface area contributed by atoms with Gasteiger partial charge in [0.15, 0.2) is 0 Å². The van der Waals surface area contributed by atoms with Crippen LogP contribution in [-0.2, 0) is 4.79 Å². The van der Waals surface area contributed by atoms with Crippen LogP contribution in [0.4, 0.5) is 5.82 Å². The normalized spacial score (nSPS) is 23.6. The molecule has 1 aromatic heterocycles. The number of likely N-dealkylation sites (tertiary alicyclic amines) is 1. The maximum absolute atomic E-state index is 12.1. The summed E-state index contributed by atoms with van der Waals surface area (Å²) >= 11 is 3.32. The van der Waals surface area contributed by atoms with Crippen molar-refractivity contribution in [3.05, 3.63) is 22.8 Å². The summed E-state index contributed by atoms with van der Waals surface area (Å²) in [4.78, 5) is 18.4. The lowest BCUT2D eigenvalue weighted by molar-refractivity contribution is -0.118. The third-order valence-electron chi connectivity index (χ3n) is 3.78. The molecule has 0 spiro atoms. The lowest BCUT2D eigenvalue weighted by atomic mass is 9.93. The van der Waals surface area contributed by atoms with E-state index in [1.165, 1.54) is 0 Å². The molecule has 1 fully saturated rings. The number of hydrogen-bond donors (Lipinski definition) is 2. The molecule has 5 nitrogen and oxygen atoms in total. The van der Waals surface area contributed by atoms with E-state index in [1.807, 2.05) is 6.07 Å². The second kappa shape index (κ2) is 7.15. The number of carbonyl (C=O) groups is 1. The van der Waals surface area contributed by atoms with Crippen molar-refractivity contribution in [2.45, 2.75) is 25.8 Å². The van der Waals surface area contributed by atoms with E-state index < -0.39 is 0 Å². The Morgan fingerprint density at radius 1 is 1.55 bits per heavy atom. The summed E-state index contributed by atoms with van der Waals surface area (Å²) in [7, 11) is 0. The zero-order valence-electron chi connectivity index (χ0n) is 11.7. The second-order valence-electron chi connectivity index (χ2n) is 5.37. The summed E-state index contributed by atoms with van der Waals surface area (Å²) in [6.07, 6.45) is 3.93. The maximum Gasteiger partial charge on any atom is 0.239 e. The van der Waals surface area contributed by atoms with E-state index in [4.69, 9.17) is 5.73 Å². The number of anilines is 1. The molecule has 1 aromatic rings. The zero-order valence-corrected chi connectivity index (χ0v) is 13.3. The van der Waals surface area contributed by atoms with Crippen molar-refractivity contribution in [2.24, 2.45) is 11.7 Å². The monoisotopic (exact) mass is 340 g/mol. The smallest absolute Gasteiger partial charge is 0.239 e. The van der Waals surface area contributed by atoms with E-state index >= 15 is 0 Å². The Kier molecular flexibility index (Phi) is 5.51. The molecule has 3 N–H and O–H groups in total. The van der Waals surface area contributed by atoms with Gasteiger partial charge in [-0.3, -0.25) is 9.69 Å². The molecule has 2 rings (SSSR count). The molecule has 2 unspecified atom stereocenters. The molecule has 1 amide bonds. The van der Waals surface area contributed by atoms with E-state index in [9.17, 15) is 4.79 Å². The van der Waals surface area contributed by atoms with Crippen molar-refractivity contribution in [2.75, 3.05) is 25.0 Å². The summed E-state index contributed by atoms with van der Waals surface area (Å²) in [5.41, 5.74) is 5.74. The predicted molar refractivity (Wildman–Crippen MR) is 83.4 cm³/mol. The van der Waals surface area contributed by atoms with Crippen LogP contribution in [0.25, 0.3) is 0 Å². The number of amides is 1. The first-order valence-corrected chi connectivity index (χ1v) is 7.73. The van der Waals surface area contributed by atoms with Crippen molar-refractivity contribution >= 4 is 27.7 Å². The number of halogens is 1. The van der Waals surface area contributed by atoms with Crippen molar-refractivity contribution in [1.82, 2.24) is 9.88 Å². The number of nitrogens with one attached hydrogen (secondary N) is 1. The highest BCUT2D eigenvalue weighted by atomic mass is 79.9. The average Bonchev–Trinajstić information content (AvgIpc) is 2.44. The predicted octanol–water partition coefficient (Wildman–Crippen LogP) is 1.84. The summed E-state index contributed by atoms with van der Waals surface area (Å²) in [5.74, 6) is 1.06. The minimum absolute atomic E-state index is 0.0238. The lowest BCUT2D eigenvalue weighted by Crippen LogP contribution is -2.47. The van der Waals surface area contributed by atoms with Gasteiger partial charge in [-0.05, 0) is 60.3 Å². The van der Waals surface area contributed by atoms with Crippen LogP contribution >= 0.6 is 15.9 Å². The molecule has 0 aliphatic carbocycles. The van der Waals surface area contributed by atoms with Crippen LogP contribution in [-0.4, -0.2) is 41.5 Å². The van der Waals surface area contributed by atoms with Gasteiger partial charge in [0.1, 0.15) is 5.82 Å². The SMILES string of the molecule is CC1CCC(CN)CN1CC(=O)Nc1ccc(Br)cn1. The fourth-order valence-electron chi connectivity index (χ4n) is 2.49. The zero-order chi connectivity index (χ0) is 14.5. The lowest BCUT2D eigenvalue weighted by Gasteiger charge is -2.37. The number of pyridine rings is 1. The van der Waals surface area contributed by atoms with Gasteiger partial charge in [0.2, 0.25) is 5.91 Å². The van der Waals surface area contributed by atoms with Crippen LogP contribution in [0, 0.1) is 5.92 Å². The first kappa shape index (κ1) is 15.4. The molecule has 0 bridgehead atoms. The molecule has 6 heteroatoms. The Labute approximate surface area is 128 Å². The van der Waals surface area contributed by atoms with Crippen LogP contribution in [0.5, 0.6) is 0 Å². The van der Waals surface area contributed by atoms with E-state index in [0.29, 0.717) is 30.9 Å². The molecule has 0 saturated carbocycles. The summed E-state index contributed by atoms with van der Waals surface area (Å²) in [6.45, 7) is 4.16. The summed E-state index contributed by atoms with van der Waals surface area (Å²) in [5, 5.41) is 2.83. The molecule has 2 heterocycles. The maximum atomic E-state index is 12.1. The van der Waals surface area contributed by atoms with E-state index in [0.717, 1.165) is 23.9 Å². The first-order valence-electron chi connectivity index (χ1n) is 6.94. The van der Waals surface area contributed by atoms with Crippen LogP contribution in [0.2, 0.25) is 0 Å². The van der Waals surface area contributed by atoms with Crippen molar-refractivity contribution in [1.29, 1.82) is 0 Å². The van der Waals surface area contributed by atoms with Gasteiger partial charge < -0.3 is 11.1 Å².